The molecule has 0 saturated carbocycles. The van der Waals surface area contributed by atoms with E-state index < -0.39 is 0 Å². The average Bonchev–Trinajstić information content (AvgIpc) is 2.48. The normalized spacial score (nSPS) is 17.8. The molecule has 1 heterocycles. The fourth-order valence-electron chi connectivity index (χ4n) is 2.62. The molecule has 1 aliphatic heterocycles. The van der Waals surface area contributed by atoms with Crippen LogP contribution in [0.5, 0.6) is 0 Å². The number of benzene rings is 1. The summed E-state index contributed by atoms with van der Waals surface area (Å²) in [6, 6.07) is 10.2. The van der Waals surface area contributed by atoms with Crippen LogP contribution in [0.15, 0.2) is 71.0 Å². The van der Waals surface area contributed by atoms with E-state index in [4.69, 9.17) is 9.47 Å². The summed E-state index contributed by atoms with van der Waals surface area (Å²) < 4.78 is 11.3. The van der Waals surface area contributed by atoms with Gasteiger partial charge in [-0.2, -0.15) is 0 Å². The molecule has 0 fully saturated rings. The van der Waals surface area contributed by atoms with Crippen molar-refractivity contribution in [2.45, 2.75) is 13.3 Å². The fraction of sp³-hybridized carbons (Fsp3) is 0.222. The molecule has 0 amide bonds. The third-order valence-corrected chi connectivity index (χ3v) is 3.52. The van der Waals surface area contributed by atoms with Crippen LogP contribution in [0.25, 0.3) is 5.76 Å². The Morgan fingerprint density at radius 3 is 2.70 bits per heavy atom. The second kappa shape index (κ2) is 5.51. The van der Waals surface area contributed by atoms with Crippen molar-refractivity contribution in [2.75, 3.05) is 13.7 Å². The van der Waals surface area contributed by atoms with Crippen LogP contribution in [0.1, 0.15) is 18.9 Å². The van der Waals surface area contributed by atoms with Crippen LogP contribution >= 0.6 is 0 Å². The molecular weight excluding hydrogens is 248 g/mol. The van der Waals surface area contributed by atoms with Gasteiger partial charge in [-0.3, -0.25) is 0 Å². The Hall–Kier alpha value is -2.06. The van der Waals surface area contributed by atoms with Gasteiger partial charge < -0.3 is 9.47 Å². The number of ether oxygens (including phenoxy) is 2. The van der Waals surface area contributed by atoms with Crippen molar-refractivity contribution in [1.82, 2.24) is 0 Å². The van der Waals surface area contributed by atoms with Crippen LogP contribution in [0, 0.1) is 0 Å². The topological polar surface area (TPSA) is 18.5 Å². The molecule has 0 bridgehead atoms. The van der Waals surface area contributed by atoms with E-state index in [0.717, 1.165) is 29.1 Å². The summed E-state index contributed by atoms with van der Waals surface area (Å²) in [6.07, 6.45) is 7.25. The fourth-order valence-corrected chi connectivity index (χ4v) is 2.62. The van der Waals surface area contributed by atoms with E-state index in [0.29, 0.717) is 6.61 Å². The van der Waals surface area contributed by atoms with Crippen LogP contribution in [-0.4, -0.2) is 13.7 Å². The number of hydrogen-bond donors (Lipinski definition) is 0. The van der Waals surface area contributed by atoms with Crippen LogP contribution in [0.4, 0.5) is 0 Å². The molecule has 0 radical (unpaired) electrons. The zero-order valence-electron chi connectivity index (χ0n) is 11.8. The van der Waals surface area contributed by atoms with Crippen LogP contribution in [0.3, 0.4) is 0 Å². The molecule has 0 unspecified atom stereocenters. The Morgan fingerprint density at radius 2 is 1.95 bits per heavy atom. The second-order valence-corrected chi connectivity index (χ2v) is 5.14. The minimum absolute atomic E-state index is 0.678. The van der Waals surface area contributed by atoms with Gasteiger partial charge in [-0.25, -0.2) is 0 Å². The van der Waals surface area contributed by atoms with Gasteiger partial charge in [0.05, 0.1) is 6.61 Å². The maximum Gasteiger partial charge on any atom is 0.134 e. The first-order chi connectivity index (χ1) is 9.78. The van der Waals surface area contributed by atoms with Crippen molar-refractivity contribution in [2.24, 2.45) is 0 Å². The van der Waals surface area contributed by atoms with E-state index in [2.05, 4.69) is 31.2 Å². The summed E-state index contributed by atoms with van der Waals surface area (Å²) in [5.74, 6) is 1.90. The number of hydrogen-bond acceptors (Lipinski definition) is 2. The first-order valence-corrected chi connectivity index (χ1v) is 6.81. The van der Waals surface area contributed by atoms with Gasteiger partial charge in [0.15, 0.2) is 0 Å². The summed E-state index contributed by atoms with van der Waals surface area (Å²) in [7, 11) is 1.73. The Labute approximate surface area is 119 Å². The van der Waals surface area contributed by atoms with E-state index >= 15 is 0 Å². The first kappa shape index (κ1) is 12.9. The van der Waals surface area contributed by atoms with E-state index in [1.807, 2.05) is 24.3 Å². The highest BCUT2D eigenvalue weighted by molar-refractivity contribution is 5.67. The molecule has 0 spiro atoms. The molecule has 1 aliphatic carbocycles. The molecule has 2 nitrogen and oxygen atoms in total. The molecule has 3 rings (SSSR count). The van der Waals surface area contributed by atoms with Gasteiger partial charge in [0.1, 0.15) is 11.5 Å². The van der Waals surface area contributed by atoms with Crippen molar-refractivity contribution in [3.05, 3.63) is 76.6 Å². The molecule has 1 aromatic carbocycles. The number of rotatable bonds is 3. The molecule has 0 atom stereocenters. The summed E-state index contributed by atoms with van der Waals surface area (Å²) in [5.41, 5.74) is 4.79. The first-order valence-electron chi connectivity index (χ1n) is 6.81. The summed E-state index contributed by atoms with van der Waals surface area (Å²) in [6.45, 7) is 2.80. The number of allylic oxidation sites excluding steroid dienone is 4. The van der Waals surface area contributed by atoms with Gasteiger partial charge in [0.2, 0.25) is 0 Å². The van der Waals surface area contributed by atoms with E-state index in [1.54, 1.807) is 7.11 Å². The van der Waals surface area contributed by atoms with Crippen molar-refractivity contribution < 1.29 is 9.47 Å². The maximum atomic E-state index is 6.10. The minimum Gasteiger partial charge on any atom is -0.456 e. The molecule has 0 saturated heterocycles. The molecule has 1 aromatic rings. The lowest BCUT2D eigenvalue weighted by molar-refractivity contribution is 0.223. The van der Waals surface area contributed by atoms with Gasteiger partial charge in [0.25, 0.3) is 0 Å². The monoisotopic (exact) mass is 266 g/mol. The van der Waals surface area contributed by atoms with Gasteiger partial charge in [-0.1, -0.05) is 30.3 Å². The molecule has 102 valence electrons. The van der Waals surface area contributed by atoms with E-state index in [9.17, 15) is 0 Å². The molecule has 2 aliphatic rings. The highest BCUT2D eigenvalue weighted by Crippen LogP contribution is 2.36. The average molecular weight is 266 g/mol. The predicted molar refractivity (Wildman–Crippen MR) is 80.9 cm³/mol. The molecule has 20 heavy (non-hydrogen) atoms. The van der Waals surface area contributed by atoms with Gasteiger partial charge in [0, 0.05) is 18.2 Å². The standard InChI is InChI=1S/C18H18O2/c1-13-10-14(12-19-2)11-16-8-9-17(20-18(13)16)15-6-4-3-5-7-15/h3-9,11H,10,12H2,1-2H3. The Morgan fingerprint density at radius 1 is 1.15 bits per heavy atom. The third kappa shape index (κ3) is 2.47. The van der Waals surface area contributed by atoms with Crippen molar-refractivity contribution in [1.29, 1.82) is 0 Å². The van der Waals surface area contributed by atoms with E-state index in [-0.39, 0.29) is 0 Å². The lowest BCUT2D eigenvalue weighted by Crippen LogP contribution is -2.09. The molecule has 0 aromatic heterocycles. The van der Waals surface area contributed by atoms with Gasteiger partial charge in [-0.15, -0.1) is 0 Å². The highest BCUT2D eigenvalue weighted by Gasteiger charge is 2.21. The maximum absolute atomic E-state index is 6.10. The predicted octanol–water partition coefficient (Wildman–Crippen LogP) is 4.23. The second-order valence-electron chi connectivity index (χ2n) is 5.14. The third-order valence-electron chi connectivity index (χ3n) is 3.52. The molecule has 2 heteroatoms. The van der Waals surface area contributed by atoms with E-state index in [1.165, 1.54) is 11.1 Å². The van der Waals surface area contributed by atoms with Gasteiger partial charge >= 0.3 is 0 Å². The number of fused-ring (bicyclic) bond motifs is 1. The lowest BCUT2D eigenvalue weighted by Gasteiger charge is -2.25. The zero-order chi connectivity index (χ0) is 13.9. The summed E-state index contributed by atoms with van der Waals surface area (Å²) in [5, 5.41) is 0. The van der Waals surface area contributed by atoms with Crippen molar-refractivity contribution in [3.8, 4) is 0 Å². The Balaban J connectivity index is 1.94. The number of methoxy groups -OCH3 is 1. The van der Waals surface area contributed by atoms with Crippen LogP contribution < -0.4 is 0 Å². The minimum atomic E-state index is 0.678. The molecular formula is C18H18O2. The summed E-state index contributed by atoms with van der Waals surface area (Å²) in [4.78, 5) is 0. The Kier molecular flexibility index (Phi) is 3.57. The van der Waals surface area contributed by atoms with Crippen LogP contribution in [0.2, 0.25) is 0 Å². The van der Waals surface area contributed by atoms with Crippen molar-refractivity contribution in [3.63, 3.8) is 0 Å². The summed E-state index contributed by atoms with van der Waals surface area (Å²) >= 11 is 0. The Bertz CT molecular complexity index is 631. The van der Waals surface area contributed by atoms with Crippen molar-refractivity contribution >= 4 is 5.76 Å². The SMILES string of the molecule is COCC1=CC2=CC=C(c3ccccc3)OC2=C(C)C1. The molecule has 0 N–H and O–H groups in total. The zero-order valence-corrected chi connectivity index (χ0v) is 11.8. The largest absolute Gasteiger partial charge is 0.456 e. The lowest BCUT2D eigenvalue weighted by atomic mass is 9.93. The quantitative estimate of drug-likeness (QED) is 0.815. The smallest absolute Gasteiger partial charge is 0.134 e. The van der Waals surface area contributed by atoms with Gasteiger partial charge in [-0.05, 0) is 42.7 Å². The van der Waals surface area contributed by atoms with Crippen LogP contribution in [-0.2, 0) is 9.47 Å². The highest BCUT2D eigenvalue weighted by atomic mass is 16.5.